The molecule has 3 heterocycles. The molecule has 0 saturated carbocycles. The molecule has 1 aliphatic heterocycles. The Labute approximate surface area is 124 Å². The highest BCUT2D eigenvalue weighted by Crippen LogP contribution is 2.17. The fourth-order valence-corrected chi connectivity index (χ4v) is 2.48. The highest BCUT2D eigenvalue weighted by molar-refractivity contribution is 5.38. The minimum Gasteiger partial charge on any atom is -0.370 e. The van der Waals surface area contributed by atoms with Gasteiger partial charge in [0.15, 0.2) is 0 Å². The Balaban J connectivity index is 1.35. The summed E-state index contributed by atoms with van der Waals surface area (Å²) in [5.41, 5.74) is 1.07. The third-order valence-corrected chi connectivity index (χ3v) is 3.49. The number of rotatable bonds is 6. The first-order chi connectivity index (χ1) is 10.3. The summed E-state index contributed by atoms with van der Waals surface area (Å²) in [7, 11) is 0. The highest BCUT2D eigenvalue weighted by atomic mass is 15.3. The minimum absolute atomic E-state index is 0.560. The molecule has 21 heavy (non-hydrogen) atoms. The molecule has 3 N–H and O–H groups in total. The van der Waals surface area contributed by atoms with Crippen molar-refractivity contribution in [3.63, 3.8) is 0 Å². The van der Waals surface area contributed by atoms with Gasteiger partial charge in [0.1, 0.15) is 5.82 Å². The molecule has 7 heteroatoms. The Kier molecular flexibility index (Phi) is 4.30. The molecular formula is C14H21N7. The number of fused-ring (bicyclic) bond motifs is 1. The van der Waals surface area contributed by atoms with E-state index in [-0.39, 0.29) is 0 Å². The number of nitrogens with one attached hydrogen (secondary N) is 3. The summed E-state index contributed by atoms with van der Waals surface area (Å²) >= 11 is 0. The standard InChI is InChI=1S/C14H21N7/c1-11-7-13-19-9-12(10-21(13)20-11)8-15-5-6-18-14-16-3-2-4-17-14/h2-4,7,12,15,19H,5-6,8-10H2,1H3,(H,16,17,18). The quantitative estimate of drug-likeness (QED) is 0.680. The van der Waals surface area contributed by atoms with Gasteiger partial charge in [0.05, 0.1) is 5.69 Å². The number of hydrogen-bond donors (Lipinski definition) is 3. The van der Waals surface area contributed by atoms with Gasteiger partial charge in [-0.3, -0.25) is 0 Å². The van der Waals surface area contributed by atoms with Gasteiger partial charge in [-0.15, -0.1) is 0 Å². The van der Waals surface area contributed by atoms with E-state index in [1.54, 1.807) is 12.4 Å². The summed E-state index contributed by atoms with van der Waals surface area (Å²) in [4.78, 5) is 8.24. The topological polar surface area (TPSA) is 79.7 Å². The summed E-state index contributed by atoms with van der Waals surface area (Å²) in [6.45, 7) is 6.67. The monoisotopic (exact) mass is 287 g/mol. The second kappa shape index (κ2) is 6.53. The van der Waals surface area contributed by atoms with Gasteiger partial charge < -0.3 is 16.0 Å². The van der Waals surface area contributed by atoms with Gasteiger partial charge in [0.25, 0.3) is 0 Å². The SMILES string of the molecule is Cc1cc2n(n1)CC(CNCCNc1ncccn1)CN2. The van der Waals surface area contributed by atoms with E-state index in [0.29, 0.717) is 11.9 Å². The third-order valence-electron chi connectivity index (χ3n) is 3.49. The van der Waals surface area contributed by atoms with Crippen molar-refractivity contribution >= 4 is 11.8 Å². The van der Waals surface area contributed by atoms with Gasteiger partial charge >= 0.3 is 0 Å². The fraction of sp³-hybridized carbons (Fsp3) is 0.500. The zero-order chi connectivity index (χ0) is 14.5. The first-order valence-electron chi connectivity index (χ1n) is 7.31. The molecule has 2 aromatic heterocycles. The van der Waals surface area contributed by atoms with Crippen LogP contribution in [0.15, 0.2) is 24.5 Å². The normalized spacial score (nSPS) is 17.1. The number of hydrogen-bond acceptors (Lipinski definition) is 6. The number of nitrogens with zero attached hydrogens (tertiary/aromatic N) is 4. The molecule has 0 amide bonds. The van der Waals surface area contributed by atoms with Gasteiger partial charge in [-0.25, -0.2) is 14.6 Å². The molecule has 0 radical (unpaired) electrons. The maximum Gasteiger partial charge on any atom is 0.222 e. The zero-order valence-electron chi connectivity index (χ0n) is 12.2. The maximum absolute atomic E-state index is 4.48. The molecule has 1 atom stereocenters. The van der Waals surface area contributed by atoms with Gasteiger partial charge in [-0.1, -0.05) is 0 Å². The van der Waals surface area contributed by atoms with Crippen LogP contribution in [0.25, 0.3) is 0 Å². The van der Waals surface area contributed by atoms with Crippen molar-refractivity contribution in [3.8, 4) is 0 Å². The highest BCUT2D eigenvalue weighted by Gasteiger charge is 2.18. The first kappa shape index (κ1) is 13.8. The Morgan fingerprint density at radius 1 is 1.33 bits per heavy atom. The molecule has 0 fully saturated rings. The van der Waals surface area contributed by atoms with Crippen LogP contribution in [0.2, 0.25) is 0 Å². The van der Waals surface area contributed by atoms with Crippen molar-refractivity contribution in [1.29, 1.82) is 0 Å². The molecular weight excluding hydrogens is 266 g/mol. The van der Waals surface area contributed by atoms with Crippen LogP contribution in [0, 0.1) is 12.8 Å². The lowest BCUT2D eigenvalue weighted by Crippen LogP contribution is -2.36. The van der Waals surface area contributed by atoms with E-state index in [1.165, 1.54) is 0 Å². The lowest BCUT2D eigenvalue weighted by atomic mass is 10.1. The predicted octanol–water partition coefficient (Wildman–Crippen LogP) is 0.725. The Morgan fingerprint density at radius 2 is 2.19 bits per heavy atom. The van der Waals surface area contributed by atoms with Crippen LogP contribution in [0.1, 0.15) is 5.69 Å². The number of aryl methyl sites for hydroxylation is 1. The van der Waals surface area contributed by atoms with Crippen LogP contribution >= 0.6 is 0 Å². The fourth-order valence-electron chi connectivity index (χ4n) is 2.48. The van der Waals surface area contributed by atoms with Crippen molar-refractivity contribution in [2.24, 2.45) is 5.92 Å². The van der Waals surface area contributed by atoms with Crippen LogP contribution in [-0.2, 0) is 6.54 Å². The summed E-state index contributed by atoms with van der Waals surface area (Å²) < 4.78 is 2.06. The molecule has 0 spiro atoms. The molecule has 0 aromatic carbocycles. The Morgan fingerprint density at radius 3 is 3.05 bits per heavy atom. The van der Waals surface area contributed by atoms with Gasteiger partial charge in [0.2, 0.25) is 5.95 Å². The molecule has 0 saturated heterocycles. The van der Waals surface area contributed by atoms with Crippen molar-refractivity contribution in [2.45, 2.75) is 13.5 Å². The molecule has 0 bridgehead atoms. The van der Waals surface area contributed by atoms with Gasteiger partial charge in [0, 0.05) is 57.1 Å². The smallest absolute Gasteiger partial charge is 0.222 e. The third kappa shape index (κ3) is 3.69. The van der Waals surface area contributed by atoms with E-state index in [0.717, 1.165) is 44.2 Å². The Hall–Kier alpha value is -2.15. The van der Waals surface area contributed by atoms with Crippen molar-refractivity contribution in [2.75, 3.05) is 36.8 Å². The maximum atomic E-state index is 4.48. The van der Waals surface area contributed by atoms with Gasteiger partial charge in [-0.2, -0.15) is 5.10 Å². The molecule has 2 aromatic rings. The lowest BCUT2D eigenvalue weighted by Gasteiger charge is -2.25. The van der Waals surface area contributed by atoms with Crippen LogP contribution < -0.4 is 16.0 Å². The summed E-state index contributed by atoms with van der Waals surface area (Å²) in [6, 6.07) is 3.90. The summed E-state index contributed by atoms with van der Waals surface area (Å²) in [5.74, 6) is 2.37. The van der Waals surface area contributed by atoms with E-state index >= 15 is 0 Å². The number of aromatic nitrogens is 4. The predicted molar refractivity (Wildman–Crippen MR) is 82.3 cm³/mol. The lowest BCUT2D eigenvalue weighted by molar-refractivity contribution is 0.393. The molecule has 1 aliphatic rings. The average molecular weight is 287 g/mol. The van der Waals surface area contributed by atoms with Crippen molar-refractivity contribution < 1.29 is 0 Å². The molecule has 0 aliphatic carbocycles. The van der Waals surface area contributed by atoms with Crippen molar-refractivity contribution in [3.05, 3.63) is 30.2 Å². The van der Waals surface area contributed by atoms with Crippen LogP contribution in [-0.4, -0.2) is 45.9 Å². The first-order valence-corrected chi connectivity index (χ1v) is 7.31. The Bertz CT molecular complexity index is 566. The van der Waals surface area contributed by atoms with Crippen LogP contribution in [0.3, 0.4) is 0 Å². The zero-order valence-corrected chi connectivity index (χ0v) is 12.2. The van der Waals surface area contributed by atoms with E-state index in [2.05, 4.69) is 41.8 Å². The largest absolute Gasteiger partial charge is 0.370 e. The molecule has 112 valence electrons. The van der Waals surface area contributed by atoms with E-state index in [1.807, 2.05) is 13.0 Å². The second-order valence-electron chi connectivity index (χ2n) is 5.30. The molecule has 3 rings (SSSR count). The summed E-state index contributed by atoms with van der Waals surface area (Å²) in [6.07, 6.45) is 3.47. The molecule has 7 nitrogen and oxygen atoms in total. The minimum atomic E-state index is 0.560. The van der Waals surface area contributed by atoms with E-state index in [9.17, 15) is 0 Å². The molecule has 1 unspecified atom stereocenters. The van der Waals surface area contributed by atoms with Gasteiger partial charge in [-0.05, 0) is 13.0 Å². The average Bonchev–Trinajstić information content (AvgIpc) is 2.87. The van der Waals surface area contributed by atoms with E-state index < -0.39 is 0 Å². The second-order valence-corrected chi connectivity index (χ2v) is 5.30. The van der Waals surface area contributed by atoms with Crippen LogP contribution in [0.4, 0.5) is 11.8 Å². The van der Waals surface area contributed by atoms with E-state index in [4.69, 9.17) is 0 Å². The van der Waals surface area contributed by atoms with Crippen molar-refractivity contribution in [1.82, 2.24) is 25.1 Å². The van der Waals surface area contributed by atoms with Crippen LogP contribution in [0.5, 0.6) is 0 Å². The summed E-state index contributed by atoms with van der Waals surface area (Å²) in [5, 5.41) is 14.6. The number of anilines is 2.